The molecule has 0 spiro atoms. The maximum absolute atomic E-state index is 14.1. The second-order valence-electron chi connectivity index (χ2n) is 8.33. The van der Waals surface area contributed by atoms with Crippen molar-refractivity contribution >= 4 is 28.1 Å². The summed E-state index contributed by atoms with van der Waals surface area (Å²) in [6, 6.07) is 27.3. The minimum absolute atomic E-state index is 0.235. The molecule has 0 saturated heterocycles. The van der Waals surface area contributed by atoms with Gasteiger partial charge in [-0.1, -0.05) is 72.8 Å². The first-order valence-electron chi connectivity index (χ1n) is 11.7. The van der Waals surface area contributed by atoms with Gasteiger partial charge in [0, 0.05) is 17.1 Å². The van der Waals surface area contributed by atoms with Crippen molar-refractivity contribution in [3.05, 3.63) is 95.3 Å². The number of anilines is 2. The summed E-state index contributed by atoms with van der Waals surface area (Å²) in [7, 11) is 3.10. The van der Waals surface area contributed by atoms with Gasteiger partial charge in [-0.2, -0.15) is 9.50 Å². The fourth-order valence-corrected chi connectivity index (χ4v) is 4.86. The quantitative estimate of drug-likeness (QED) is 0.280. The molecule has 0 unspecified atom stereocenters. The molecule has 0 saturated carbocycles. The third kappa shape index (κ3) is 4.16. The molecule has 0 radical (unpaired) electrons. The van der Waals surface area contributed by atoms with Crippen molar-refractivity contribution in [1.29, 1.82) is 0 Å². The van der Waals surface area contributed by atoms with Crippen molar-refractivity contribution in [2.45, 2.75) is 0 Å². The number of benzene rings is 3. The lowest BCUT2D eigenvalue weighted by Crippen LogP contribution is -2.19. The Hall–Kier alpha value is -4.96. The fraction of sp³-hybridized carbons (Fsp3) is 0.0714. The number of rotatable bonds is 7. The van der Waals surface area contributed by atoms with Crippen LogP contribution in [-0.4, -0.2) is 38.2 Å². The molecule has 3 aromatic carbocycles. The van der Waals surface area contributed by atoms with E-state index in [0.29, 0.717) is 33.5 Å². The zero-order valence-electron chi connectivity index (χ0n) is 20.5. The second-order valence-corrected chi connectivity index (χ2v) is 9.09. The topological polar surface area (TPSA) is 106 Å². The smallest absolute Gasteiger partial charge is 0.329 e. The van der Waals surface area contributed by atoms with Gasteiger partial charge in [-0.05, 0) is 23.3 Å². The fourth-order valence-electron chi connectivity index (χ4n) is 4.32. The van der Waals surface area contributed by atoms with Crippen molar-refractivity contribution in [2.24, 2.45) is 0 Å². The molecule has 0 atom stereocenters. The molecule has 6 rings (SSSR count). The number of fused-ring (bicyclic) bond motifs is 1. The van der Waals surface area contributed by atoms with Crippen LogP contribution in [0.3, 0.4) is 0 Å². The molecule has 9 nitrogen and oxygen atoms in total. The van der Waals surface area contributed by atoms with E-state index in [-0.39, 0.29) is 11.6 Å². The number of ether oxygens (including phenoxy) is 2. The Morgan fingerprint density at radius 3 is 2.08 bits per heavy atom. The van der Waals surface area contributed by atoms with Crippen molar-refractivity contribution in [1.82, 2.24) is 24.0 Å². The van der Waals surface area contributed by atoms with Crippen LogP contribution in [0, 0.1) is 0 Å². The summed E-state index contributed by atoms with van der Waals surface area (Å²) in [6.07, 6.45) is 0. The zero-order valence-corrected chi connectivity index (χ0v) is 21.3. The molecule has 188 valence electrons. The summed E-state index contributed by atoms with van der Waals surface area (Å²) in [6.45, 7) is 0. The maximum atomic E-state index is 14.1. The van der Waals surface area contributed by atoms with Crippen LogP contribution in [0.2, 0.25) is 0 Å². The highest BCUT2D eigenvalue weighted by atomic mass is 32.1. The van der Waals surface area contributed by atoms with E-state index < -0.39 is 0 Å². The summed E-state index contributed by atoms with van der Waals surface area (Å²) in [4.78, 5) is 23.5. The number of hydrogen-bond acceptors (Lipinski definition) is 8. The first-order valence-corrected chi connectivity index (χ1v) is 12.5. The SMILES string of the molecule is COc1ccc(-c2c(Nc3nc(OC)ns3)nc3c(-c4ccccc4)c(-c4ccccc4)[nH]n3c2=O)cc1. The minimum atomic E-state index is -0.265. The van der Waals surface area contributed by atoms with Crippen molar-refractivity contribution < 1.29 is 9.47 Å². The average molecular weight is 523 g/mol. The van der Waals surface area contributed by atoms with E-state index in [1.54, 1.807) is 19.2 Å². The Balaban J connectivity index is 1.65. The first-order chi connectivity index (χ1) is 18.7. The van der Waals surface area contributed by atoms with Gasteiger partial charge in [0.05, 0.1) is 31.0 Å². The van der Waals surface area contributed by atoms with Gasteiger partial charge in [0.25, 0.3) is 5.56 Å². The highest BCUT2D eigenvalue weighted by Crippen LogP contribution is 2.36. The average Bonchev–Trinajstić information content (AvgIpc) is 3.59. The van der Waals surface area contributed by atoms with Crippen molar-refractivity contribution in [2.75, 3.05) is 19.5 Å². The number of H-pyrrole nitrogens is 1. The zero-order chi connectivity index (χ0) is 26.1. The lowest BCUT2D eigenvalue weighted by atomic mass is 10.0. The van der Waals surface area contributed by atoms with Crippen molar-refractivity contribution in [3.63, 3.8) is 0 Å². The van der Waals surface area contributed by atoms with Gasteiger partial charge in [0.15, 0.2) is 5.65 Å². The molecule has 3 aromatic heterocycles. The van der Waals surface area contributed by atoms with Crippen LogP contribution in [0.5, 0.6) is 11.8 Å². The van der Waals surface area contributed by atoms with Gasteiger partial charge in [-0.3, -0.25) is 9.89 Å². The molecule has 0 aliphatic heterocycles. The predicted molar refractivity (Wildman–Crippen MR) is 148 cm³/mol. The molecule has 0 amide bonds. The van der Waals surface area contributed by atoms with Crippen LogP contribution in [0.15, 0.2) is 89.7 Å². The largest absolute Gasteiger partial charge is 0.497 e. The van der Waals surface area contributed by atoms with Gasteiger partial charge < -0.3 is 14.8 Å². The number of methoxy groups -OCH3 is 2. The summed E-state index contributed by atoms with van der Waals surface area (Å²) < 4.78 is 16.1. The third-order valence-corrected chi connectivity index (χ3v) is 6.71. The first kappa shape index (κ1) is 23.4. The Bertz CT molecular complexity index is 1780. The van der Waals surface area contributed by atoms with E-state index in [1.807, 2.05) is 72.8 Å². The second kappa shape index (κ2) is 9.83. The van der Waals surface area contributed by atoms with E-state index in [1.165, 1.54) is 11.6 Å². The summed E-state index contributed by atoms with van der Waals surface area (Å²) in [5.74, 6) is 1.04. The predicted octanol–water partition coefficient (Wildman–Crippen LogP) is 5.64. The molecule has 3 heterocycles. The molecule has 0 aliphatic carbocycles. The van der Waals surface area contributed by atoms with Gasteiger partial charge >= 0.3 is 6.01 Å². The van der Waals surface area contributed by atoms with E-state index in [2.05, 4.69) is 19.8 Å². The minimum Gasteiger partial charge on any atom is -0.497 e. The third-order valence-electron chi connectivity index (χ3n) is 6.10. The molecule has 6 aromatic rings. The molecule has 0 bridgehead atoms. The van der Waals surface area contributed by atoms with Gasteiger partial charge in [0.2, 0.25) is 5.13 Å². The molecule has 0 fully saturated rings. The Labute approximate surface area is 221 Å². The number of nitrogens with zero attached hydrogens (tertiary/aromatic N) is 4. The maximum Gasteiger partial charge on any atom is 0.329 e. The van der Waals surface area contributed by atoms with Crippen LogP contribution in [0.25, 0.3) is 39.2 Å². The summed E-state index contributed by atoms with van der Waals surface area (Å²) in [5, 5.41) is 6.99. The summed E-state index contributed by atoms with van der Waals surface area (Å²) in [5.41, 5.74) is 4.73. The van der Waals surface area contributed by atoms with Gasteiger partial charge in [-0.25, -0.2) is 4.98 Å². The number of nitrogens with one attached hydrogen (secondary N) is 2. The van der Waals surface area contributed by atoms with Crippen LogP contribution >= 0.6 is 11.5 Å². The Morgan fingerprint density at radius 2 is 1.45 bits per heavy atom. The van der Waals surface area contributed by atoms with E-state index in [0.717, 1.165) is 33.9 Å². The van der Waals surface area contributed by atoms with Crippen LogP contribution in [0.1, 0.15) is 0 Å². The van der Waals surface area contributed by atoms with Crippen LogP contribution in [0.4, 0.5) is 10.9 Å². The Kier molecular flexibility index (Phi) is 6.06. The van der Waals surface area contributed by atoms with E-state index >= 15 is 0 Å². The highest BCUT2D eigenvalue weighted by Gasteiger charge is 2.23. The molecule has 2 N–H and O–H groups in total. The van der Waals surface area contributed by atoms with Crippen LogP contribution in [-0.2, 0) is 0 Å². The lowest BCUT2D eigenvalue weighted by Gasteiger charge is -2.11. The summed E-state index contributed by atoms with van der Waals surface area (Å²) >= 11 is 1.12. The van der Waals surface area contributed by atoms with E-state index in [9.17, 15) is 4.79 Å². The molecule has 38 heavy (non-hydrogen) atoms. The van der Waals surface area contributed by atoms with E-state index in [4.69, 9.17) is 14.5 Å². The number of aromatic nitrogens is 5. The Morgan fingerprint density at radius 1 is 0.789 bits per heavy atom. The van der Waals surface area contributed by atoms with Crippen molar-refractivity contribution in [3.8, 4) is 45.3 Å². The lowest BCUT2D eigenvalue weighted by molar-refractivity contribution is 0.386. The highest BCUT2D eigenvalue weighted by molar-refractivity contribution is 7.09. The standard InChI is InChI=1S/C28H22N6O3S/c1-36-20-15-13-18(14-16-20)22-24(30-28-31-27(37-2)33-38-28)29-25-21(17-9-5-3-6-10-17)23(32-34(25)26(22)35)19-11-7-4-8-12-19/h3-16,32H,1-2H3,(H,30,31,33). The normalized spacial score (nSPS) is 11.0. The molecular weight excluding hydrogens is 500 g/mol. The number of aromatic amines is 1. The molecular formula is C28H22N6O3S. The molecule has 0 aliphatic rings. The van der Waals surface area contributed by atoms with Crippen LogP contribution < -0.4 is 20.3 Å². The monoisotopic (exact) mass is 522 g/mol. The molecule has 10 heteroatoms. The van der Waals surface area contributed by atoms with Gasteiger partial charge in [-0.15, -0.1) is 4.37 Å². The number of hydrogen-bond donors (Lipinski definition) is 2. The van der Waals surface area contributed by atoms with Gasteiger partial charge in [0.1, 0.15) is 11.6 Å².